The first-order valence-electron chi connectivity index (χ1n) is 7.00. The molecule has 122 valence electrons. The van der Waals surface area contributed by atoms with E-state index in [1.807, 2.05) is 25.1 Å². The summed E-state index contributed by atoms with van der Waals surface area (Å²) in [6.07, 6.45) is 0. The van der Waals surface area contributed by atoms with Gasteiger partial charge in [0.1, 0.15) is 5.75 Å². The lowest BCUT2D eigenvalue weighted by molar-refractivity contribution is 0.0600. The molecule has 0 atom stereocenters. The summed E-state index contributed by atoms with van der Waals surface area (Å²) in [4.78, 5) is 11.7. The van der Waals surface area contributed by atoms with E-state index in [9.17, 15) is 4.79 Å². The van der Waals surface area contributed by atoms with Crippen LogP contribution in [0.2, 0.25) is 5.02 Å². The molecule has 0 saturated carbocycles. The summed E-state index contributed by atoms with van der Waals surface area (Å²) in [5.41, 5.74) is 9.44. The minimum atomic E-state index is -0.402. The maximum Gasteiger partial charge on any atom is 0.338 e. The highest BCUT2D eigenvalue weighted by atomic mass is 35.5. The first-order valence-corrected chi connectivity index (χ1v) is 7.38. The number of rotatable bonds is 5. The zero-order valence-electron chi connectivity index (χ0n) is 13.3. The van der Waals surface area contributed by atoms with Crippen LogP contribution >= 0.6 is 11.6 Å². The van der Waals surface area contributed by atoms with E-state index in [2.05, 4.69) is 5.32 Å². The molecule has 0 heterocycles. The number of aryl methyl sites for hydroxylation is 1. The molecule has 0 fully saturated rings. The SMILES string of the molecule is COC(=O)c1cc(N)c(NCc2cc(Cl)cc(OC)c2)cc1C. The molecule has 0 aromatic heterocycles. The third kappa shape index (κ3) is 4.07. The highest BCUT2D eigenvalue weighted by molar-refractivity contribution is 6.30. The maximum atomic E-state index is 11.7. The van der Waals surface area contributed by atoms with E-state index in [1.54, 1.807) is 19.2 Å². The molecular weight excluding hydrogens is 316 g/mol. The Hall–Kier alpha value is -2.40. The predicted molar refractivity (Wildman–Crippen MR) is 92.3 cm³/mol. The molecule has 2 rings (SSSR count). The molecule has 0 radical (unpaired) electrons. The Bertz CT molecular complexity index is 732. The lowest BCUT2D eigenvalue weighted by Gasteiger charge is -2.13. The van der Waals surface area contributed by atoms with E-state index < -0.39 is 5.97 Å². The number of methoxy groups -OCH3 is 2. The minimum Gasteiger partial charge on any atom is -0.497 e. The van der Waals surface area contributed by atoms with Gasteiger partial charge >= 0.3 is 5.97 Å². The van der Waals surface area contributed by atoms with Gasteiger partial charge in [-0.2, -0.15) is 0 Å². The summed E-state index contributed by atoms with van der Waals surface area (Å²) in [6.45, 7) is 2.36. The van der Waals surface area contributed by atoms with E-state index in [1.165, 1.54) is 7.11 Å². The van der Waals surface area contributed by atoms with Crippen molar-refractivity contribution in [3.05, 3.63) is 52.0 Å². The van der Waals surface area contributed by atoms with Crippen molar-refractivity contribution in [2.45, 2.75) is 13.5 Å². The van der Waals surface area contributed by atoms with E-state index in [4.69, 9.17) is 26.8 Å². The highest BCUT2D eigenvalue weighted by Gasteiger charge is 2.12. The molecule has 3 N–H and O–H groups in total. The Morgan fingerprint density at radius 3 is 2.61 bits per heavy atom. The first-order chi connectivity index (χ1) is 10.9. The van der Waals surface area contributed by atoms with Gasteiger partial charge in [-0.25, -0.2) is 4.79 Å². The van der Waals surface area contributed by atoms with Crippen LogP contribution in [0, 0.1) is 6.92 Å². The molecule has 5 nitrogen and oxygen atoms in total. The Kier molecular flexibility index (Phi) is 5.34. The summed E-state index contributed by atoms with van der Waals surface area (Å²) >= 11 is 6.05. The van der Waals surface area contributed by atoms with Crippen LogP contribution in [-0.4, -0.2) is 20.2 Å². The van der Waals surface area contributed by atoms with Crippen LogP contribution in [0.3, 0.4) is 0 Å². The van der Waals surface area contributed by atoms with Crippen molar-refractivity contribution in [3.8, 4) is 5.75 Å². The lowest BCUT2D eigenvalue weighted by Crippen LogP contribution is -2.08. The van der Waals surface area contributed by atoms with Crippen molar-refractivity contribution in [1.82, 2.24) is 0 Å². The third-order valence-corrected chi connectivity index (χ3v) is 3.67. The number of carbonyl (C=O) groups excluding carboxylic acids is 1. The number of esters is 1. The van der Waals surface area contributed by atoms with Gasteiger partial charge in [0.2, 0.25) is 0 Å². The normalized spacial score (nSPS) is 10.3. The number of carbonyl (C=O) groups is 1. The van der Waals surface area contributed by atoms with E-state index in [0.717, 1.165) is 16.8 Å². The molecular formula is C17H19ClN2O3. The third-order valence-electron chi connectivity index (χ3n) is 3.45. The zero-order valence-corrected chi connectivity index (χ0v) is 14.0. The van der Waals surface area contributed by atoms with Gasteiger partial charge < -0.3 is 20.5 Å². The Morgan fingerprint density at radius 1 is 1.22 bits per heavy atom. The van der Waals surface area contributed by atoms with Gasteiger partial charge in [-0.05, 0) is 48.4 Å². The highest BCUT2D eigenvalue weighted by Crippen LogP contribution is 2.26. The van der Waals surface area contributed by atoms with Gasteiger partial charge in [0, 0.05) is 11.6 Å². The second-order valence-electron chi connectivity index (χ2n) is 5.10. The summed E-state index contributed by atoms with van der Waals surface area (Å²) in [5, 5.41) is 3.84. The number of hydrogen-bond acceptors (Lipinski definition) is 5. The smallest absolute Gasteiger partial charge is 0.338 e. The molecule has 6 heteroatoms. The summed E-state index contributed by atoms with van der Waals surface area (Å²) in [6, 6.07) is 8.92. The number of nitrogen functional groups attached to an aromatic ring is 1. The van der Waals surface area contributed by atoms with E-state index in [-0.39, 0.29) is 0 Å². The van der Waals surface area contributed by atoms with Gasteiger partial charge in [-0.15, -0.1) is 0 Å². The molecule has 0 aliphatic rings. The van der Waals surface area contributed by atoms with E-state index >= 15 is 0 Å². The van der Waals surface area contributed by atoms with Crippen LogP contribution in [0.15, 0.2) is 30.3 Å². The Balaban J connectivity index is 2.19. The van der Waals surface area contributed by atoms with Crippen molar-refractivity contribution >= 4 is 28.9 Å². The van der Waals surface area contributed by atoms with Crippen molar-refractivity contribution in [2.75, 3.05) is 25.3 Å². The number of halogens is 1. The van der Waals surface area contributed by atoms with Gasteiger partial charge in [-0.1, -0.05) is 11.6 Å². The predicted octanol–water partition coefficient (Wildman–Crippen LogP) is 3.64. The van der Waals surface area contributed by atoms with Gasteiger partial charge in [0.25, 0.3) is 0 Å². The van der Waals surface area contributed by atoms with Gasteiger partial charge in [0.15, 0.2) is 0 Å². The van der Waals surface area contributed by atoms with Crippen molar-refractivity contribution in [2.24, 2.45) is 0 Å². The standard InChI is InChI=1S/C17H19ClN2O3/c1-10-4-16(15(19)8-14(10)17(21)23-3)20-9-11-5-12(18)7-13(6-11)22-2/h4-8,20H,9,19H2,1-3H3. The number of hydrogen-bond donors (Lipinski definition) is 2. The number of nitrogens with one attached hydrogen (secondary N) is 1. The van der Waals surface area contributed by atoms with Crippen LogP contribution in [0.4, 0.5) is 11.4 Å². The topological polar surface area (TPSA) is 73.6 Å². The summed E-state index contributed by atoms with van der Waals surface area (Å²) in [5.74, 6) is 0.291. The van der Waals surface area contributed by atoms with Crippen LogP contribution in [0.1, 0.15) is 21.5 Å². The van der Waals surface area contributed by atoms with E-state index in [0.29, 0.717) is 28.6 Å². The molecule has 0 spiro atoms. The molecule has 0 bridgehead atoms. The van der Waals surface area contributed by atoms with Crippen molar-refractivity contribution in [3.63, 3.8) is 0 Å². The largest absolute Gasteiger partial charge is 0.497 e. The second kappa shape index (κ2) is 7.24. The number of ether oxygens (including phenoxy) is 2. The van der Waals surface area contributed by atoms with Crippen LogP contribution in [0.5, 0.6) is 5.75 Å². The van der Waals surface area contributed by atoms with Gasteiger partial charge in [-0.3, -0.25) is 0 Å². The molecule has 0 aliphatic carbocycles. The Labute approximate surface area is 140 Å². The number of benzene rings is 2. The van der Waals surface area contributed by atoms with Crippen LogP contribution < -0.4 is 15.8 Å². The second-order valence-corrected chi connectivity index (χ2v) is 5.54. The fraction of sp³-hybridized carbons (Fsp3) is 0.235. The summed E-state index contributed by atoms with van der Waals surface area (Å²) < 4.78 is 9.93. The molecule has 23 heavy (non-hydrogen) atoms. The number of anilines is 2. The molecule has 0 aliphatic heterocycles. The fourth-order valence-corrected chi connectivity index (χ4v) is 2.49. The first kappa shape index (κ1) is 17.0. The molecule has 0 saturated heterocycles. The zero-order chi connectivity index (χ0) is 17.0. The minimum absolute atomic E-state index is 0.402. The number of nitrogens with two attached hydrogens (primary N) is 1. The Morgan fingerprint density at radius 2 is 1.96 bits per heavy atom. The lowest BCUT2D eigenvalue weighted by atomic mass is 10.1. The molecule has 0 amide bonds. The monoisotopic (exact) mass is 334 g/mol. The maximum absolute atomic E-state index is 11.7. The average molecular weight is 335 g/mol. The van der Waals surface area contributed by atoms with Gasteiger partial charge in [0.05, 0.1) is 31.2 Å². The van der Waals surface area contributed by atoms with Crippen LogP contribution in [0.25, 0.3) is 0 Å². The van der Waals surface area contributed by atoms with Crippen molar-refractivity contribution < 1.29 is 14.3 Å². The average Bonchev–Trinajstić information content (AvgIpc) is 2.53. The molecule has 0 unspecified atom stereocenters. The fourth-order valence-electron chi connectivity index (χ4n) is 2.25. The molecule has 2 aromatic carbocycles. The van der Waals surface area contributed by atoms with Crippen LogP contribution in [-0.2, 0) is 11.3 Å². The summed E-state index contributed by atoms with van der Waals surface area (Å²) in [7, 11) is 2.94. The molecule has 2 aromatic rings. The van der Waals surface area contributed by atoms with Crippen molar-refractivity contribution in [1.29, 1.82) is 0 Å². The quantitative estimate of drug-likeness (QED) is 0.645.